The van der Waals surface area contributed by atoms with Crippen molar-refractivity contribution in [1.82, 2.24) is 20.1 Å². The third-order valence-electron chi connectivity index (χ3n) is 5.71. The second-order valence-corrected chi connectivity index (χ2v) is 9.23. The Bertz CT molecular complexity index is 885. The zero-order valence-corrected chi connectivity index (χ0v) is 18.6. The Balaban J connectivity index is 1.77. The molecular weight excluding hydrogens is 364 g/mol. The molecule has 2 N–H and O–H groups in total. The number of rotatable bonds is 7. The maximum absolute atomic E-state index is 12.3. The second-order valence-electron chi connectivity index (χ2n) is 9.23. The van der Waals surface area contributed by atoms with Gasteiger partial charge in [-0.1, -0.05) is 32.9 Å². The van der Waals surface area contributed by atoms with Crippen LogP contribution in [0.2, 0.25) is 0 Å². The van der Waals surface area contributed by atoms with Crippen LogP contribution in [0.4, 0.5) is 0 Å². The quantitative estimate of drug-likeness (QED) is 0.737. The summed E-state index contributed by atoms with van der Waals surface area (Å²) >= 11 is 0. The van der Waals surface area contributed by atoms with Crippen molar-refractivity contribution in [2.24, 2.45) is 5.41 Å². The molecule has 3 rings (SSSR count). The molecule has 0 bridgehead atoms. The van der Waals surface area contributed by atoms with Crippen LogP contribution in [0.3, 0.4) is 0 Å². The summed E-state index contributed by atoms with van der Waals surface area (Å²) in [6.07, 6.45) is 7.52. The summed E-state index contributed by atoms with van der Waals surface area (Å²) in [5, 5.41) is 7.75. The van der Waals surface area contributed by atoms with Crippen LogP contribution in [-0.4, -0.2) is 52.8 Å². The summed E-state index contributed by atoms with van der Waals surface area (Å²) in [4.78, 5) is 17.7. The van der Waals surface area contributed by atoms with Gasteiger partial charge < -0.3 is 14.6 Å². The number of hydrogen-bond acceptors (Lipinski definition) is 3. The van der Waals surface area contributed by atoms with Crippen LogP contribution in [0.5, 0.6) is 0 Å². The molecule has 1 aliphatic carbocycles. The number of amides is 1. The third-order valence-corrected chi connectivity index (χ3v) is 5.71. The van der Waals surface area contributed by atoms with Crippen molar-refractivity contribution in [1.29, 1.82) is 0 Å². The maximum atomic E-state index is 12.3. The lowest BCUT2D eigenvalue weighted by Gasteiger charge is -2.27. The summed E-state index contributed by atoms with van der Waals surface area (Å²) in [7, 11) is 3.48. The predicted octanol–water partition coefficient (Wildman–Crippen LogP) is 4.12. The van der Waals surface area contributed by atoms with Crippen LogP contribution < -0.4 is 0 Å². The van der Waals surface area contributed by atoms with Gasteiger partial charge in [-0.15, -0.1) is 0 Å². The van der Waals surface area contributed by atoms with Crippen LogP contribution in [0.15, 0.2) is 12.1 Å². The van der Waals surface area contributed by atoms with E-state index in [0.717, 1.165) is 42.0 Å². The molecule has 1 aliphatic rings. The van der Waals surface area contributed by atoms with E-state index in [9.17, 15) is 4.79 Å². The molecule has 6 nitrogen and oxygen atoms in total. The Kier molecular flexibility index (Phi) is 6.32. The smallest absolute Gasteiger partial charge is 0.225 e. The number of likely N-dealkylation sites (N-methyl/N-ethyl adjacent to an activating group) is 1. The normalized spacial score (nSPS) is 16.1. The number of H-pyrrole nitrogens is 2. The van der Waals surface area contributed by atoms with Gasteiger partial charge in [0.2, 0.25) is 5.91 Å². The molecule has 0 aliphatic heterocycles. The molecule has 1 unspecified atom stereocenters. The first-order chi connectivity index (χ1) is 13.7. The lowest BCUT2D eigenvalue weighted by molar-refractivity contribution is -0.132. The molecule has 6 heteroatoms. The fourth-order valence-electron chi connectivity index (χ4n) is 3.75. The van der Waals surface area contributed by atoms with Gasteiger partial charge in [0.25, 0.3) is 0 Å². The van der Waals surface area contributed by atoms with E-state index in [4.69, 9.17) is 4.74 Å². The highest BCUT2D eigenvalue weighted by Crippen LogP contribution is 2.31. The molecule has 0 saturated carbocycles. The minimum atomic E-state index is 0.0552. The first-order valence-corrected chi connectivity index (χ1v) is 10.4. The molecule has 158 valence electrons. The lowest BCUT2D eigenvalue weighted by Crippen LogP contribution is -2.38. The van der Waals surface area contributed by atoms with Crippen LogP contribution in [0.1, 0.15) is 56.1 Å². The average molecular weight is 399 g/mol. The summed E-state index contributed by atoms with van der Waals surface area (Å²) in [5.74, 6) is 0.101. The van der Waals surface area contributed by atoms with Crippen LogP contribution in [-0.2, 0) is 22.4 Å². The number of ether oxygens (including phenoxy) is 1. The number of nitrogens with zero attached hydrogens (tertiary/aromatic N) is 2. The molecule has 0 aromatic carbocycles. The van der Waals surface area contributed by atoms with Crippen molar-refractivity contribution >= 4 is 12.0 Å². The van der Waals surface area contributed by atoms with Gasteiger partial charge in [0, 0.05) is 37.5 Å². The van der Waals surface area contributed by atoms with E-state index in [0.29, 0.717) is 13.0 Å². The van der Waals surface area contributed by atoms with Gasteiger partial charge in [0.05, 0.1) is 24.8 Å². The standard InChI is InChI=1S/C23H34N4O2/c1-15-18(9-11-23(2,3)4)22(26-25-15)20-13-16-7-8-17(14-19(16)24-20)27(5)21(28)10-12-29-6/h7-8,13,17,24H,9-12,14H2,1-6H3,(H,25,26). The number of carbonyl (C=O) groups excluding carboxylic acids is 1. The van der Waals surface area contributed by atoms with E-state index >= 15 is 0 Å². The Labute approximate surface area is 173 Å². The summed E-state index contributed by atoms with van der Waals surface area (Å²) in [6.45, 7) is 9.35. The van der Waals surface area contributed by atoms with Gasteiger partial charge in [-0.25, -0.2) is 0 Å². The maximum Gasteiger partial charge on any atom is 0.225 e. The number of hydrogen-bond donors (Lipinski definition) is 2. The zero-order valence-electron chi connectivity index (χ0n) is 18.6. The largest absolute Gasteiger partial charge is 0.384 e. The van der Waals surface area contributed by atoms with E-state index in [2.05, 4.69) is 61.1 Å². The van der Waals surface area contributed by atoms with Crippen molar-refractivity contribution in [3.8, 4) is 11.4 Å². The Morgan fingerprint density at radius 1 is 1.38 bits per heavy atom. The molecule has 0 saturated heterocycles. The molecule has 0 spiro atoms. The van der Waals surface area contributed by atoms with Crippen molar-refractivity contribution in [3.63, 3.8) is 0 Å². The van der Waals surface area contributed by atoms with Crippen molar-refractivity contribution in [2.75, 3.05) is 20.8 Å². The number of fused-ring (bicyclic) bond motifs is 1. The number of aromatic amines is 2. The lowest BCUT2D eigenvalue weighted by atomic mass is 9.88. The van der Waals surface area contributed by atoms with Crippen LogP contribution in [0, 0.1) is 12.3 Å². The van der Waals surface area contributed by atoms with E-state index in [-0.39, 0.29) is 17.4 Å². The topological polar surface area (TPSA) is 74.0 Å². The fraction of sp³-hybridized carbons (Fsp3) is 0.565. The predicted molar refractivity (Wildman–Crippen MR) is 117 cm³/mol. The average Bonchev–Trinajstić information content (AvgIpc) is 3.25. The third kappa shape index (κ3) is 4.99. The zero-order chi connectivity index (χ0) is 21.2. The van der Waals surface area contributed by atoms with Crippen LogP contribution in [0.25, 0.3) is 17.5 Å². The molecule has 2 aromatic rings. The highest BCUT2D eigenvalue weighted by molar-refractivity contribution is 5.77. The van der Waals surface area contributed by atoms with E-state index in [1.165, 1.54) is 11.1 Å². The molecule has 0 fully saturated rings. The minimum absolute atomic E-state index is 0.0552. The monoisotopic (exact) mass is 398 g/mol. The minimum Gasteiger partial charge on any atom is -0.384 e. The van der Waals surface area contributed by atoms with Crippen molar-refractivity contribution in [3.05, 3.63) is 34.7 Å². The van der Waals surface area contributed by atoms with Gasteiger partial charge in [-0.3, -0.25) is 9.89 Å². The van der Waals surface area contributed by atoms with Crippen molar-refractivity contribution in [2.45, 2.75) is 59.4 Å². The van der Waals surface area contributed by atoms with E-state index in [1.807, 2.05) is 11.9 Å². The highest BCUT2D eigenvalue weighted by atomic mass is 16.5. The Morgan fingerprint density at radius 2 is 2.14 bits per heavy atom. The summed E-state index contributed by atoms with van der Waals surface area (Å²) in [5.41, 5.74) is 7.08. The molecule has 0 radical (unpaired) electrons. The number of aromatic nitrogens is 3. The van der Waals surface area contributed by atoms with E-state index < -0.39 is 0 Å². The number of carbonyl (C=O) groups is 1. The first kappa shape index (κ1) is 21.4. The second kappa shape index (κ2) is 8.57. The van der Waals surface area contributed by atoms with Gasteiger partial charge >= 0.3 is 0 Å². The van der Waals surface area contributed by atoms with Gasteiger partial charge in [0.1, 0.15) is 5.69 Å². The first-order valence-electron chi connectivity index (χ1n) is 10.4. The molecule has 1 amide bonds. The van der Waals surface area contributed by atoms with Gasteiger partial charge in [-0.2, -0.15) is 5.10 Å². The number of nitrogens with one attached hydrogen (secondary N) is 2. The van der Waals surface area contributed by atoms with E-state index in [1.54, 1.807) is 7.11 Å². The molecule has 2 heterocycles. The summed E-state index contributed by atoms with van der Waals surface area (Å²) < 4.78 is 5.03. The molecule has 1 atom stereocenters. The fourth-order valence-corrected chi connectivity index (χ4v) is 3.75. The van der Waals surface area contributed by atoms with Crippen LogP contribution >= 0.6 is 0 Å². The Morgan fingerprint density at radius 3 is 2.83 bits per heavy atom. The van der Waals surface area contributed by atoms with Crippen molar-refractivity contribution < 1.29 is 9.53 Å². The Hall–Kier alpha value is -2.34. The molecule has 29 heavy (non-hydrogen) atoms. The SMILES string of the molecule is COCCC(=O)N(C)C1C=Cc2cc(-c3n[nH]c(C)c3CCC(C)(C)C)[nH]c2C1. The van der Waals surface area contributed by atoms with Gasteiger partial charge in [-0.05, 0) is 36.8 Å². The summed E-state index contributed by atoms with van der Waals surface area (Å²) in [6, 6.07) is 2.23. The highest BCUT2D eigenvalue weighted by Gasteiger charge is 2.24. The molecular formula is C23H34N4O2. The number of methoxy groups -OCH3 is 1. The number of aryl methyl sites for hydroxylation is 1. The van der Waals surface area contributed by atoms with Gasteiger partial charge in [0.15, 0.2) is 0 Å². The molecule has 2 aromatic heterocycles.